The number of hydrogen-bond donors (Lipinski definition) is 1. The first-order valence-electron chi connectivity index (χ1n) is 10.4. The molecule has 4 aromatic rings. The van der Waals surface area contributed by atoms with Crippen LogP contribution in [0.25, 0.3) is 16.5 Å². The Labute approximate surface area is 187 Å². The van der Waals surface area contributed by atoms with Crippen molar-refractivity contribution in [3.8, 4) is 17.5 Å². The van der Waals surface area contributed by atoms with Crippen molar-refractivity contribution in [1.82, 2.24) is 24.4 Å². The van der Waals surface area contributed by atoms with Crippen LogP contribution in [0.15, 0.2) is 47.1 Å². The molecule has 10 nitrogen and oxygen atoms in total. The first kappa shape index (κ1) is 20.6. The second-order valence-corrected chi connectivity index (χ2v) is 8.63. The van der Waals surface area contributed by atoms with Gasteiger partial charge >= 0.3 is 0 Å². The van der Waals surface area contributed by atoms with Gasteiger partial charge in [0, 0.05) is 38.3 Å². The van der Waals surface area contributed by atoms with Crippen molar-refractivity contribution < 1.29 is 14.4 Å². The minimum Gasteiger partial charge on any atom is -0.492 e. The van der Waals surface area contributed by atoms with Crippen LogP contribution in [0.5, 0.6) is 5.88 Å². The van der Waals surface area contributed by atoms with Crippen LogP contribution >= 0.6 is 11.3 Å². The van der Waals surface area contributed by atoms with E-state index in [2.05, 4.69) is 26.8 Å². The van der Waals surface area contributed by atoms with Gasteiger partial charge in [-0.15, -0.1) is 5.10 Å². The maximum Gasteiger partial charge on any atom is 0.269 e. The zero-order chi connectivity index (χ0) is 22.2. The molecular formula is C21H22N6O4S. The van der Waals surface area contributed by atoms with Crippen molar-refractivity contribution in [2.24, 2.45) is 0 Å². The molecule has 0 amide bonds. The molecule has 5 rings (SSSR count). The number of nitrogens with zero attached hydrogens (tertiary/aromatic N) is 6. The minimum absolute atomic E-state index is 0.0246. The summed E-state index contributed by atoms with van der Waals surface area (Å²) < 4.78 is 6.80. The summed E-state index contributed by atoms with van der Waals surface area (Å²) in [5.74, 6) is 0.965. The van der Waals surface area contributed by atoms with Gasteiger partial charge in [0.2, 0.25) is 16.7 Å². The minimum atomic E-state index is -0.407. The molecule has 11 heteroatoms. The second kappa shape index (κ2) is 8.34. The van der Waals surface area contributed by atoms with Gasteiger partial charge in [0.1, 0.15) is 0 Å². The largest absolute Gasteiger partial charge is 0.492 e. The molecule has 1 fully saturated rings. The SMILES string of the molecule is CCN1CCN([C@H](c2ccc([N+](=O)[O-])cc2)c2sc3nc(-c4ccco4)nn3c2O)CC1. The predicted molar refractivity (Wildman–Crippen MR) is 119 cm³/mol. The van der Waals surface area contributed by atoms with E-state index in [1.165, 1.54) is 28.0 Å². The predicted octanol–water partition coefficient (Wildman–Crippen LogP) is 3.39. The Morgan fingerprint density at radius 3 is 2.56 bits per heavy atom. The van der Waals surface area contributed by atoms with Crippen molar-refractivity contribution in [1.29, 1.82) is 0 Å². The molecule has 166 valence electrons. The van der Waals surface area contributed by atoms with Crippen LogP contribution in [0.4, 0.5) is 5.69 Å². The lowest BCUT2D eigenvalue weighted by Crippen LogP contribution is -2.47. The highest BCUT2D eigenvalue weighted by molar-refractivity contribution is 7.17. The number of nitro benzene ring substituents is 1. The average molecular weight is 455 g/mol. The van der Waals surface area contributed by atoms with Gasteiger partial charge in [0.05, 0.1) is 22.1 Å². The molecule has 0 radical (unpaired) electrons. The Kier molecular flexibility index (Phi) is 5.37. The Hall–Kier alpha value is -3.28. The summed E-state index contributed by atoms with van der Waals surface area (Å²) in [4.78, 5) is 21.2. The molecule has 1 aromatic carbocycles. The summed E-state index contributed by atoms with van der Waals surface area (Å²) in [6.07, 6.45) is 1.55. The molecule has 1 N–H and O–H groups in total. The lowest BCUT2D eigenvalue weighted by molar-refractivity contribution is -0.384. The van der Waals surface area contributed by atoms with E-state index in [4.69, 9.17) is 4.42 Å². The summed E-state index contributed by atoms with van der Waals surface area (Å²) in [5.41, 5.74) is 0.921. The van der Waals surface area contributed by atoms with E-state index >= 15 is 0 Å². The van der Waals surface area contributed by atoms with Crippen molar-refractivity contribution in [2.45, 2.75) is 13.0 Å². The first-order valence-corrected chi connectivity index (χ1v) is 11.2. The van der Waals surface area contributed by atoms with Gasteiger partial charge in [0.15, 0.2) is 5.76 Å². The van der Waals surface area contributed by atoms with Crippen LogP contribution < -0.4 is 0 Å². The Bertz CT molecular complexity index is 1230. The number of rotatable bonds is 6. The maximum absolute atomic E-state index is 11.1. The monoisotopic (exact) mass is 454 g/mol. The molecule has 3 aromatic heterocycles. The molecule has 0 aliphatic carbocycles. The van der Waals surface area contributed by atoms with E-state index in [1.54, 1.807) is 30.5 Å². The van der Waals surface area contributed by atoms with E-state index in [0.717, 1.165) is 38.3 Å². The van der Waals surface area contributed by atoms with Crippen molar-refractivity contribution in [2.75, 3.05) is 32.7 Å². The number of non-ortho nitro benzene ring substituents is 1. The lowest BCUT2D eigenvalue weighted by atomic mass is 10.0. The summed E-state index contributed by atoms with van der Waals surface area (Å²) in [7, 11) is 0. The lowest BCUT2D eigenvalue weighted by Gasteiger charge is -2.38. The fourth-order valence-electron chi connectivity index (χ4n) is 4.08. The van der Waals surface area contributed by atoms with Gasteiger partial charge in [0.25, 0.3) is 5.69 Å². The number of hydrogen-bond acceptors (Lipinski definition) is 9. The standard InChI is InChI=1S/C21H22N6O4S/c1-2-24-9-11-25(12-10-24)17(14-5-7-15(8-6-14)27(29)30)18-20(28)26-21(32-18)22-19(23-26)16-4-3-13-31-16/h3-8,13,17,28H,2,9-12H2,1H3/t17-/m1/s1. The summed E-state index contributed by atoms with van der Waals surface area (Å²) in [5, 5.41) is 26.6. The normalized spacial score (nSPS) is 16.5. The van der Waals surface area contributed by atoms with Crippen LogP contribution in [0.1, 0.15) is 23.4 Å². The van der Waals surface area contributed by atoms with E-state index in [-0.39, 0.29) is 17.6 Å². The summed E-state index contributed by atoms with van der Waals surface area (Å²) in [6, 6.07) is 9.81. The third kappa shape index (κ3) is 3.64. The number of aromatic nitrogens is 3. The van der Waals surface area contributed by atoms with Crippen molar-refractivity contribution >= 4 is 22.0 Å². The third-order valence-electron chi connectivity index (χ3n) is 5.83. The smallest absolute Gasteiger partial charge is 0.269 e. The quantitative estimate of drug-likeness (QED) is 0.348. The topological polar surface area (TPSA) is 113 Å². The number of furan rings is 1. The van der Waals surface area contributed by atoms with Crippen LogP contribution in [-0.4, -0.2) is 67.2 Å². The number of likely N-dealkylation sites (N-methyl/N-ethyl adjacent to an activating group) is 1. The molecule has 1 atom stereocenters. The maximum atomic E-state index is 11.1. The van der Waals surface area contributed by atoms with E-state index in [0.29, 0.717) is 21.4 Å². The molecule has 4 heterocycles. The number of fused-ring (bicyclic) bond motifs is 1. The Balaban J connectivity index is 1.55. The van der Waals surface area contributed by atoms with Gasteiger partial charge in [-0.25, -0.2) is 0 Å². The molecule has 0 unspecified atom stereocenters. The van der Waals surface area contributed by atoms with E-state index in [1.807, 2.05) is 0 Å². The molecule has 0 bridgehead atoms. The van der Waals surface area contributed by atoms with Crippen molar-refractivity contribution in [3.63, 3.8) is 0 Å². The number of thiazole rings is 1. The Morgan fingerprint density at radius 2 is 1.97 bits per heavy atom. The van der Waals surface area contributed by atoms with Gasteiger partial charge in [-0.3, -0.25) is 15.0 Å². The van der Waals surface area contributed by atoms with Crippen LogP contribution in [0, 0.1) is 10.1 Å². The summed E-state index contributed by atoms with van der Waals surface area (Å²) >= 11 is 1.36. The summed E-state index contributed by atoms with van der Waals surface area (Å²) in [6.45, 7) is 6.62. The van der Waals surface area contributed by atoms with Crippen LogP contribution in [0.3, 0.4) is 0 Å². The van der Waals surface area contributed by atoms with Crippen molar-refractivity contribution in [3.05, 3.63) is 63.2 Å². The number of nitro groups is 1. The molecule has 1 aliphatic heterocycles. The third-order valence-corrected chi connectivity index (χ3v) is 6.90. The van der Waals surface area contributed by atoms with Gasteiger partial charge in [-0.1, -0.05) is 30.4 Å². The zero-order valence-electron chi connectivity index (χ0n) is 17.4. The molecule has 32 heavy (non-hydrogen) atoms. The van der Waals surface area contributed by atoms with Gasteiger partial charge in [-0.05, 0) is 24.2 Å². The molecule has 0 spiro atoms. The number of benzene rings is 1. The van der Waals surface area contributed by atoms with Gasteiger partial charge < -0.3 is 14.4 Å². The number of piperazine rings is 1. The van der Waals surface area contributed by atoms with E-state index in [9.17, 15) is 15.2 Å². The molecule has 0 saturated carbocycles. The molecule has 1 saturated heterocycles. The second-order valence-electron chi connectivity index (χ2n) is 7.62. The molecular weight excluding hydrogens is 432 g/mol. The zero-order valence-corrected chi connectivity index (χ0v) is 18.2. The number of aromatic hydroxyl groups is 1. The fourth-order valence-corrected chi connectivity index (χ4v) is 5.20. The average Bonchev–Trinajstić information content (AvgIpc) is 3.54. The molecule has 1 aliphatic rings. The fraction of sp³-hybridized carbons (Fsp3) is 0.333. The van der Waals surface area contributed by atoms with Crippen LogP contribution in [-0.2, 0) is 0 Å². The first-order chi connectivity index (χ1) is 15.5. The highest BCUT2D eigenvalue weighted by Gasteiger charge is 2.32. The Morgan fingerprint density at radius 1 is 1.22 bits per heavy atom. The highest BCUT2D eigenvalue weighted by Crippen LogP contribution is 2.41. The van der Waals surface area contributed by atoms with E-state index < -0.39 is 4.92 Å². The van der Waals surface area contributed by atoms with Crippen LogP contribution in [0.2, 0.25) is 0 Å². The highest BCUT2D eigenvalue weighted by atomic mass is 32.1. The van der Waals surface area contributed by atoms with Gasteiger partial charge in [-0.2, -0.15) is 9.50 Å².